The molecule has 1 rings (SSSR count). The van der Waals surface area contributed by atoms with Crippen LogP contribution in [0.1, 0.15) is 10.4 Å². The van der Waals surface area contributed by atoms with Crippen molar-refractivity contribution in [1.82, 2.24) is 0 Å². The number of allylic oxidation sites excluding steroid dienone is 1. The quantitative estimate of drug-likeness (QED) is 0.723. The number of alkyl halides is 1. The zero-order valence-corrected chi connectivity index (χ0v) is 7.53. The maximum absolute atomic E-state index is 8.74. The number of hydrogen-bond donors (Lipinski definition) is 1. The molecule has 11 heavy (non-hydrogen) atoms. The van der Waals surface area contributed by atoms with Gasteiger partial charge in [0, 0.05) is 10.8 Å². The highest BCUT2D eigenvalue weighted by Gasteiger charge is 1.93. The van der Waals surface area contributed by atoms with Crippen LogP contribution in [0.25, 0.3) is 6.08 Å². The Morgan fingerprint density at radius 2 is 2.45 bits per heavy atom. The molecule has 1 N–H and O–H groups in total. The van der Waals surface area contributed by atoms with Crippen LogP contribution in [0.3, 0.4) is 0 Å². The molecule has 0 spiro atoms. The maximum atomic E-state index is 8.74. The van der Waals surface area contributed by atoms with Gasteiger partial charge >= 0.3 is 0 Å². The van der Waals surface area contributed by atoms with E-state index in [9.17, 15) is 0 Å². The van der Waals surface area contributed by atoms with Crippen molar-refractivity contribution < 1.29 is 5.11 Å². The van der Waals surface area contributed by atoms with Crippen LogP contribution >= 0.6 is 22.9 Å². The molecular weight excluding hydrogens is 180 g/mol. The van der Waals surface area contributed by atoms with Gasteiger partial charge in [0.1, 0.15) is 0 Å². The maximum Gasteiger partial charge on any atom is 0.0774 e. The molecule has 0 atom stereocenters. The minimum absolute atomic E-state index is 0.124. The standard InChI is InChI=1S/C8H9ClOS/c9-3-1-2-7-4-8(5-10)11-6-7/h1-2,4,6,10H,3,5H2. The molecule has 0 radical (unpaired) electrons. The SMILES string of the molecule is OCc1cc(C=CCCl)cs1. The van der Waals surface area contributed by atoms with Gasteiger partial charge in [-0.15, -0.1) is 22.9 Å². The van der Waals surface area contributed by atoms with E-state index in [1.807, 2.05) is 23.6 Å². The van der Waals surface area contributed by atoms with Crippen LogP contribution in [-0.4, -0.2) is 11.0 Å². The van der Waals surface area contributed by atoms with E-state index in [0.717, 1.165) is 10.4 Å². The van der Waals surface area contributed by atoms with E-state index >= 15 is 0 Å². The molecule has 0 fully saturated rings. The van der Waals surface area contributed by atoms with Crippen molar-refractivity contribution in [3.05, 3.63) is 28.0 Å². The van der Waals surface area contributed by atoms with Crippen LogP contribution in [-0.2, 0) is 6.61 Å². The molecule has 0 aliphatic carbocycles. The first-order chi connectivity index (χ1) is 5.36. The lowest BCUT2D eigenvalue weighted by atomic mass is 10.3. The summed E-state index contributed by atoms with van der Waals surface area (Å²) < 4.78 is 0. The van der Waals surface area contributed by atoms with E-state index in [-0.39, 0.29) is 6.61 Å². The largest absolute Gasteiger partial charge is 0.391 e. The molecule has 0 amide bonds. The summed E-state index contributed by atoms with van der Waals surface area (Å²) in [7, 11) is 0. The molecule has 0 aromatic carbocycles. The van der Waals surface area contributed by atoms with Gasteiger partial charge in [-0.05, 0) is 17.0 Å². The van der Waals surface area contributed by atoms with E-state index in [0.29, 0.717) is 5.88 Å². The third-order valence-electron chi connectivity index (χ3n) is 1.23. The first kappa shape index (κ1) is 8.78. The second-order valence-corrected chi connectivity index (χ2v) is 3.37. The van der Waals surface area contributed by atoms with Gasteiger partial charge in [-0.1, -0.05) is 12.2 Å². The van der Waals surface area contributed by atoms with Gasteiger partial charge in [-0.25, -0.2) is 0 Å². The molecule has 0 aliphatic heterocycles. The first-order valence-electron chi connectivity index (χ1n) is 3.27. The highest BCUT2D eigenvalue weighted by atomic mass is 35.5. The second kappa shape index (κ2) is 4.54. The monoisotopic (exact) mass is 188 g/mol. The third-order valence-corrected chi connectivity index (χ3v) is 2.35. The van der Waals surface area contributed by atoms with Crippen LogP contribution in [0, 0.1) is 0 Å². The number of rotatable bonds is 3. The predicted octanol–water partition coefficient (Wildman–Crippen LogP) is 2.49. The normalized spacial score (nSPS) is 11.1. The molecule has 0 aliphatic rings. The van der Waals surface area contributed by atoms with Crippen molar-refractivity contribution in [2.45, 2.75) is 6.61 Å². The van der Waals surface area contributed by atoms with Gasteiger partial charge in [-0.3, -0.25) is 0 Å². The zero-order valence-electron chi connectivity index (χ0n) is 5.96. The second-order valence-electron chi connectivity index (χ2n) is 2.06. The number of aliphatic hydroxyl groups excluding tert-OH is 1. The Balaban J connectivity index is 2.65. The smallest absolute Gasteiger partial charge is 0.0774 e. The number of thiophene rings is 1. The lowest BCUT2D eigenvalue weighted by molar-refractivity contribution is 0.285. The van der Waals surface area contributed by atoms with Crippen LogP contribution < -0.4 is 0 Å². The topological polar surface area (TPSA) is 20.2 Å². The van der Waals surface area contributed by atoms with E-state index in [2.05, 4.69) is 0 Å². The van der Waals surface area contributed by atoms with Crippen molar-refractivity contribution in [2.24, 2.45) is 0 Å². The first-order valence-corrected chi connectivity index (χ1v) is 4.69. The lowest BCUT2D eigenvalue weighted by Crippen LogP contribution is -1.71. The Morgan fingerprint density at radius 3 is 3.00 bits per heavy atom. The van der Waals surface area contributed by atoms with Crippen LogP contribution in [0.2, 0.25) is 0 Å². The Kier molecular flexibility index (Phi) is 3.63. The van der Waals surface area contributed by atoms with Crippen LogP contribution in [0.4, 0.5) is 0 Å². The van der Waals surface area contributed by atoms with Gasteiger partial charge in [0.25, 0.3) is 0 Å². The van der Waals surface area contributed by atoms with Gasteiger partial charge < -0.3 is 5.11 Å². The van der Waals surface area contributed by atoms with Crippen molar-refractivity contribution >= 4 is 29.0 Å². The van der Waals surface area contributed by atoms with Gasteiger partial charge in [-0.2, -0.15) is 0 Å². The van der Waals surface area contributed by atoms with Gasteiger partial charge in [0.2, 0.25) is 0 Å². The molecule has 1 aromatic heterocycles. The van der Waals surface area contributed by atoms with Gasteiger partial charge in [0.05, 0.1) is 6.61 Å². The van der Waals surface area contributed by atoms with Crippen molar-refractivity contribution in [3.8, 4) is 0 Å². The Bertz CT molecular complexity index is 242. The minimum Gasteiger partial charge on any atom is -0.391 e. The molecule has 3 heteroatoms. The predicted molar refractivity (Wildman–Crippen MR) is 50.0 cm³/mol. The summed E-state index contributed by atoms with van der Waals surface area (Å²) in [5, 5.41) is 10.7. The number of halogens is 1. The number of hydrogen-bond acceptors (Lipinski definition) is 2. The van der Waals surface area contributed by atoms with Gasteiger partial charge in [0.15, 0.2) is 0 Å². The van der Waals surface area contributed by atoms with E-state index in [1.165, 1.54) is 0 Å². The Morgan fingerprint density at radius 1 is 1.64 bits per heavy atom. The summed E-state index contributed by atoms with van der Waals surface area (Å²) in [5.41, 5.74) is 1.11. The van der Waals surface area contributed by atoms with Crippen molar-refractivity contribution in [3.63, 3.8) is 0 Å². The molecule has 0 saturated carbocycles. The minimum atomic E-state index is 0.124. The van der Waals surface area contributed by atoms with E-state index in [4.69, 9.17) is 16.7 Å². The fourth-order valence-electron chi connectivity index (χ4n) is 0.749. The summed E-state index contributed by atoms with van der Waals surface area (Å²) in [4.78, 5) is 0.985. The highest BCUT2D eigenvalue weighted by Crippen LogP contribution is 2.15. The lowest BCUT2D eigenvalue weighted by Gasteiger charge is -1.82. The third kappa shape index (κ3) is 2.66. The summed E-state index contributed by atoms with van der Waals surface area (Å²) in [6, 6.07) is 1.95. The zero-order chi connectivity index (χ0) is 8.10. The molecule has 60 valence electrons. The Hall–Kier alpha value is -0.310. The Labute approximate surface area is 74.9 Å². The average Bonchev–Trinajstić information content (AvgIpc) is 2.48. The summed E-state index contributed by atoms with van der Waals surface area (Å²) in [6.45, 7) is 0.124. The van der Waals surface area contributed by atoms with Crippen molar-refractivity contribution in [1.29, 1.82) is 0 Å². The summed E-state index contributed by atoms with van der Waals surface area (Å²) in [5.74, 6) is 0.532. The van der Waals surface area contributed by atoms with Crippen LogP contribution in [0.5, 0.6) is 0 Å². The molecular formula is C8H9ClOS. The fraction of sp³-hybridized carbons (Fsp3) is 0.250. The summed E-state index contributed by atoms with van der Waals surface area (Å²) >= 11 is 7.01. The molecule has 0 unspecified atom stereocenters. The van der Waals surface area contributed by atoms with E-state index < -0.39 is 0 Å². The molecule has 0 saturated heterocycles. The number of aliphatic hydroxyl groups is 1. The van der Waals surface area contributed by atoms with E-state index in [1.54, 1.807) is 11.3 Å². The highest BCUT2D eigenvalue weighted by molar-refractivity contribution is 7.10. The molecule has 1 aromatic rings. The van der Waals surface area contributed by atoms with Crippen molar-refractivity contribution in [2.75, 3.05) is 5.88 Å². The molecule has 1 heterocycles. The average molecular weight is 189 g/mol. The molecule has 1 nitrogen and oxygen atoms in total. The summed E-state index contributed by atoms with van der Waals surface area (Å²) in [6.07, 6.45) is 3.83. The molecule has 0 bridgehead atoms. The fourth-order valence-corrected chi connectivity index (χ4v) is 1.55. The van der Waals surface area contributed by atoms with Crippen LogP contribution in [0.15, 0.2) is 17.5 Å².